The fraction of sp³-hybridized carbons (Fsp3) is 0.263. The molecule has 0 radical (unpaired) electrons. The molecule has 7 heteroatoms. The van der Waals surface area contributed by atoms with Crippen molar-refractivity contribution in [2.45, 2.75) is 27.2 Å². The predicted octanol–water partition coefficient (Wildman–Crippen LogP) is 3.78. The number of nitrogens with zero attached hydrogens (tertiary/aromatic N) is 4. The molecule has 0 aliphatic carbocycles. The second-order valence-electron chi connectivity index (χ2n) is 7.19. The molecule has 3 rings (SSSR count). The summed E-state index contributed by atoms with van der Waals surface area (Å²) >= 11 is 0. The Kier molecular flexibility index (Phi) is 4.97. The van der Waals surface area contributed by atoms with E-state index in [4.69, 9.17) is 0 Å². The van der Waals surface area contributed by atoms with Crippen molar-refractivity contribution in [2.75, 3.05) is 10.6 Å². The topological polar surface area (TPSA) is 84.7 Å². The van der Waals surface area contributed by atoms with Gasteiger partial charge in [-0.1, -0.05) is 39.0 Å². The minimum atomic E-state index is -0.0778. The largest absolute Gasteiger partial charge is 0.323 e. The Bertz CT molecular complexity index is 882. The van der Waals surface area contributed by atoms with Crippen LogP contribution in [0.1, 0.15) is 27.2 Å². The van der Waals surface area contributed by atoms with Crippen molar-refractivity contribution >= 4 is 23.4 Å². The third-order valence-electron chi connectivity index (χ3n) is 3.49. The van der Waals surface area contributed by atoms with Crippen LogP contribution in [-0.4, -0.2) is 25.7 Å². The first-order chi connectivity index (χ1) is 12.4. The summed E-state index contributed by atoms with van der Waals surface area (Å²) < 4.78 is 1.63. The predicted molar refractivity (Wildman–Crippen MR) is 102 cm³/mol. The van der Waals surface area contributed by atoms with E-state index in [0.717, 1.165) is 11.4 Å². The van der Waals surface area contributed by atoms with Crippen LogP contribution in [0.4, 0.5) is 17.5 Å². The van der Waals surface area contributed by atoms with E-state index in [1.54, 1.807) is 29.3 Å². The Morgan fingerprint density at radius 3 is 2.62 bits per heavy atom. The quantitative estimate of drug-likeness (QED) is 0.731. The Morgan fingerprint density at radius 2 is 1.88 bits per heavy atom. The van der Waals surface area contributed by atoms with Gasteiger partial charge in [0.1, 0.15) is 12.1 Å². The molecule has 7 nitrogen and oxygen atoms in total. The Labute approximate surface area is 152 Å². The van der Waals surface area contributed by atoms with Gasteiger partial charge in [-0.25, -0.2) is 9.67 Å². The maximum absolute atomic E-state index is 12.1. The minimum Gasteiger partial charge on any atom is -0.323 e. The summed E-state index contributed by atoms with van der Waals surface area (Å²) in [5.41, 5.74) is 1.60. The summed E-state index contributed by atoms with van der Waals surface area (Å²) in [6.45, 7) is 6.06. The molecule has 0 unspecified atom stereocenters. The van der Waals surface area contributed by atoms with Gasteiger partial charge in [0.2, 0.25) is 11.9 Å². The maximum atomic E-state index is 12.1. The van der Waals surface area contributed by atoms with Gasteiger partial charge in [0.05, 0.1) is 5.69 Å². The molecule has 1 amide bonds. The van der Waals surface area contributed by atoms with Crippen molar-refractivity contribution in [2.24, 2.45) is 5.41 Å². The third kappa shape index (κ3) is 4.89. The van der Waals surface area contributed by atoms with Gasteiger partial charge in [0.25, 0.3) is 0 Å². The average Bonchev–Trinajstić information content (AvgIpc) is 3.03. The SMILES string of the molecule is CC(C)(C)CC(=O)Nc1cc(-n2cnc(Nc3ccccc3)n2)ccn1. The van der Waals surface area contributed by atoms with Gasteiger partial charge < -0.3 is 10.6 Å². The summed E-state index contributed by atoms with van der Waals surface area (Å²) in [4.78, 5) is 20.5. The van der Waals surface area contributed by atoms with Gasteiger partial charge in [-0.15, -0.1) is 5.10 Å². The van der Waals surface area contributed by atoms with Gasteiger partial charge in [-0.05, 0) is 23.6 Å². The highest BCUT2D eigenvalue weighted by atomic mass is 16.1. The smallest absolute Gasteiger partial charge is 0.246 e. The van der Waals surface area contributed by atoms with E-state index in [-0.39, 0.29) is 11.3 Å². The summed E-state index contributed by atoms with van der Waals surface area (Å²) in [6.07, 6.45) is 3.67. The number of amides is 1. The highest BCUT2D eigenvalue weighted by Crippen LogP contribution is 2.20. The molecule has 2 heterocycles. The Balaban J connectivity index is 1.71. The van der Waals surface area contributed by atoms with Gasteiger partial charge in [0.15, 0.2) is 0 Å². The number of aromatic nitrogens is 4. The van der Waals surface area contributed by atoms with Crippen LogP contribution in [0, 0.1) is 5.41 Å². The first-order valence-electron chi connectivity index (χ1n) is 8.39. The summed E-state index contributed by atoms with van der Waals surface area (Å²) in [6, 6.07) is 13.3. The van der Waals surface area contributed by atoms with Crippen molar-refractivity contribution in [3.63, 3.8) is 0 Å². The van der Waals surface area contributed by atoms with Gasteiger partial charge in [0, 0.05) is 24.4 Å². The third-order valence-corrected chi connectivity index (χ3v) is 3.49. The molecule has 134 valence electrons. The lowest BCUT2D eigenvalue weighted by molar-refractivity contribution is -0.117. The van der Waals surface area contributed by atoms with Crippen molar-refractivity contribution in [1.29, 1.82) is 0 Å². The number of para-hydroxylation sites is 1. The number of rotatable bonds is 5. The van der Waals surface area contributed by atoms with Crippen LogP contribution in [-0.2, 0) is 4.79 Å². The number of hydrogen-bond acceptors (Lipinski definition) is 5. The number of carbonyl (C=O) groups excluding carboxylic acids is 1. The molecule has 2 N–H and O–H groups in total. The standard InChI is InChI=1S/C19H22N6O/c1-19(2,3)12-17(26)23-16-11-15(9-10-20-16)25-13-21-18(24-25)22-14-7-5-4-6-8-14/h4-11,13H,12H2,1-3H3,(H,22,24)(H,20,23,26). The van der Waals surface area contributed by atoms with Crippen LogP contribution in [0.2, 0.25) is 0 Å². The van der Waals surface area contributed by atoms with E-state index in [1.807, 2.05) is 51.1 Å². The maximum Gasteiger partial charge on any atom is 0.246 e. The molecule has 1 aromatic carbocycles. The molecule has 0 spiro atoms. The Morgan fingerprint density at radius 1 is 1.12 bits per heavy atom. The highest BCUT2D eigenvalue weighted by molar-refractivity contribution is 5.90. The molecular formula is C19H22N6O. The lowest BCUT2D eigenvalue weighted by Gasteiger charge is -2.17. The average molecular weight is 350 g/mol. The molecule has 0 saturated carbocycles. The van der Waals surface area contributed by atoms with Crippen LogP contribution in [0.3, 0.4) is 0 Å². The van der Waals surface area contributed by atoms with Crippen molar-refractivity contribution < 1.29 is 4.79 Å². The molecule has 2 aromatic heterocycles. The number of pyridine rings is 1. The molecule has 0 fully saturated rings. The van der Waals surface area contributed by atoms with Crippen molar-refractivity contribution in [3.05, 3.63) is 55.0 Å². The van der Waals surface area contributed by atoms with E-state index in [2.05, 4.69) is 25.7 Å². The number of benzene rings is 1. The van der Waals surface area contributed by atoms with Crippen molar-refractivity contribution in [3.8, 4) is 5.69 Å². The summed E-state index contributed by atoms with van der Waals surface area (Å²) in [5.74, 6) is 0.920. The number of carbonyl (C=O) groups is 1. The van der Waals surface area contributed by atoms with Crippen LogP contribution < -0.4 is 10.6 Å². The van der Waals surface area contributed by atoms with E-state index in [1.165, 1.54) is 0 Å². The van der Waals surface area contributed by atoms with Gasteiger partial charge in [-0.3, -0.25) is 4.79 Å². The summed E-state index contributed by atoms with van der Waals surface area (Å²) in [7, 11) is 0. The van der Waals surface area contributed by atoms with Gasteiger partial charge in [-0.2, -0.15) is 4.98 Å². The molecule has 0 saturated heterocycles. The molecule has 0 aliphatic heterocycles. The second kappa shape index (κ2) is 7.35. The fourth-order valence-electron chi connectivity index (χ4n) is 2.39. The zero-order chi connectivity index (χ0) is 18.6. The summed E-state index contributed by atoms with van der Waals surface area (Å²) in [5, 5.41) is 10.4. The van der Waals surface area contributed by atoms with Crippen molar-refractivity contribution in [1.82, 2.24) is 19.7 Å². The molecule has 0 bridgehead atoms. The van der Waals surface area contributed by atoms with E-state index < -0.39 is 0 Å². The van der Waals surface area contributed by atoms with Gasteiger partial charge >= 0.3 is 0 Å². The fourth-order valence-corrected chi connectivity index (χ4v) is 2.39. The van der Waals surface area contributed by atoms with E-state index in [0.29, 0.717) is 18.2 Å². The van der Waals surface area contributed by atoms with Crippen LogP contribution >= 0.6 is 0 Å². The number of anilines is 3. The van der Waals surface area contributed by atoms with Crippen LogP contribution in [0.5, 0.6) is 0 Å². The zero-order valence-electron chi connectivity index (χ0n) is 15.1. The van der Waals surface area contributed by atoms with E-state index in [9.17, 15) is 4.79 Å². The number of hydrogen-bond donors (Lipinski definition) is 2. The zero-order valence-corrected chi connectivity index (χ0v) is 15.1. The first kappa shape index (κ1) is 17.6. The molecular weight excluding hydrogens is 328 g/mol. The normalized spacial score (nSPS) is 11.2. The monoisotopic (exact) mass is 350 g/mol. The molecule has 0 aliphatic rings. The lowest BCUT2D eigenvalue weighted by atomic mass is 9.92. The Hall–Kier alpha value is -3.22. The first-order valence-corrected chi connectivity index (χ1v) is 8.39. The molecule has 3 aromatic rings. The van der Waals surface area contributed by atoms with Crippen LogP contribution in [0.25, 0.3) is 5.69 Å². The van der Waals surface area contributed by atoms with E-state index >= 15 is 0 Å². The number of nitrogens with one attached hydrogen (secondary N) is 2. The lowest BCUT2D eigenvalue weighted by Crippen LogP contribution is -2.20. The highest BCUT2D eigenvalue weighted by Gasteiger charge is 2.16. The second-order valence-corrected chi connectivity index (χ2v) is 7.19. The molecule has 0 atom stereocenters. The minimum absolute atomic E-state index is 0.0628. The molecule has 26 heavy (non-hydrogen) atoms. The van der Waals surface area contributed by atoms with Crippen LogP contribution in [0.15, 0.2) is 55.0 Å².